The standard InChI is InChI=1S/C12H22O3/c1-3-5-6-8-11(13)9-7-10-12(14)15-4-2/h3-10H2,1-2H3. The van der Waals surface area contributed by atoms with Crippen LogP contribution in [0.1, 0.15) is 58.8 Å². The molecule has 0 heterocycles. The topological polar surface area (TPSA) is 43.4 Å². The third-order valence-corrected chi connectivity index (χ3v) is 2.20. The summed E-state index contributed by atoms with van der Waals surface area (Å²) in [6, 6.07) is 0. The van der Waals surface area contributed by atoms with Gasteiger partial charge in [-0.05, 0) is 19.8 Å². The molecule has 0 aromatic carbocycles. The fourth-order valence-corrected chi connectivity index (χ4v) is 1.36. The molecule has 0 amide bonds. The quantitative estimate of drug-likeness (QED) is 0.438. The lowest BCUT2D eigenvalue weighted by Gasteiger charge is -2.01. The molecule has 0 saturated heterocycles. The predicted octanol–water partition coefficient (Wildman–Crippen LogP) is 2.87. The number of Topliss-reactive ketones (excluding diaryl/α,β-unsaturated/α-hetero) is 1. The highest BCUT2D eigenvalue weighted by atomic mass is 16.5. The van der Waals surface area contributed by atoms with Crippen molar-refractivity contribution in [1.82, 2.24) is 0 Å². The second-order valence-electron chi connectivity index (χ2n) is 3.65. The minimum atomic E-state index is -0.196. The van der Waals surface area contributed by atoms with Crippen molar-refractivity contribution in [1.29, 1.82) is 0 Å². The number of unbranched alkanes of at least 4 members (excludes halogenated alkanes) is 2. The van der Waals surface area contributed by atoms with Gasteiger partial charge in [-0.25, -0.2) is 0 Å². The average molecular weight is 214 g/mol. The molecule has 0 N–H and O–H groups in total. The van der Waals surface area contributed by atoms with Gasteiger partial charge in [-0.15, -0.1) is 0 Å². The lowest BCUT2D eigenvalue weighted by Crippen LogP contribution is -2.05. The Labute approximate surface area is 92.2 Å². The number of hydrogen-bond donors (Lipinski definition) is 0. The van der Waals surface area contributed by atoms with Gasteiger partial charge in [0.25, 0.3) is 0 Å². The molecule has 0 saturated carbocycles. The Bertz CT molecular complexity index is 187. The van der Waals surface area contributed by atoms with E-state index in [2.05, 4.69) is 6.92 Å². The van der Waals surface area contributed by atoms with Gasteiger partial charge < -0.3 is 4.74 Å². The first-order valence-electron chi connectivity index (χ1n) is 5.88. The molecule has 0 aromatic rings. The Morgan fingerprint density at radius 2 is 1.60 bits per heavy atom. The molecule has 0 fully saturated rings. The minimum Gasteiger partial charge on any atom is -0.466 e. The van der Waals surface area contributed by atoms with Crippen LogP contribution in [0.25, 0.3) is 0 Å². The summed E-state index contributed by atoms with van der Waals surface area (Å²) in [5.74, 6) is 0.0756. The SMILES string of the molecule is CCCCCC(=O)CCCC(=O)OCC. The summed E-state index contributed by atoms with van der Waals surface area (Å²) in [6.45, 7) is 4.32. The van der Waals surface area contributed by atoms with Gasteiger partial charge >= 0.3 is 5.97 Å². The van der Waals surface area contributed by atoms with Crippen molar-refractivity contribution >= 4 is 11.8 Å². The Hall–Kier alpha value is -0.860. The fourth-order valence-electron chi connectivity index (χ4n) is 1.36. The largest absolute Gasteiger partial charge is 0.466 e. The second-order valence-corrected chi connectivity index (χ2v) is 3.65. The zero-order valence-corrected chi connectivity index (χ0v) is 9.88. The zero-order chi connectivity index (χ0) is 11.5. The molecule has 0 aliphatic carbocycles. The van der Waals surface area contributed by atoms with Crippen LogP contribution in [0.3, 0.4) is 0 Å². The van der Waals surface area contributed by atoms with Gasteiger partial charge in [0.15, 0.2) is 0 Å². The molecule has 0 bridgehead atoms. The van der Waals surface area contributed by atoms with E-state index < -0.39 is 0 Å². The summed E-state index contributed by atoms with van der Waals surface area (Å²) < 4.78 is 4.77. The van der Waals surface area contributed by atoms with Crippen LogP contribution in [0, 0.1) is 0 Å². The van der Waals surface area contributed by atoms with Crippen LogP contribution in [0.4, 0.5) is 0 Å². The van der Waals surface area contributed by atoms with Crippen LogP contribution >= 0.6 is 0 Å². The van der Waals surface area contributed by atoms with Crippen molar-refractivity contribution in [2.45, 2.75) is 58.8 Å². The van der Waals surface area contributed by atoms with Crippen molar-refractivity contribution in [3.8, 4) is 0 Å². The first kappa shape index (κ1) is 14.1. The molecule has 15 heavy (non-hydrogen) atoms. The molecule has 88 valence electrons. The summed E-state index contributed by atoms with van der Waals surface area (Å²) in [6.07, 6.45) is 5.41. The number of ether oxygens (including phenoxy) is 1. The molecular formula is C12H22O3. The molecule has 0 aromatic heterocycles. The summed E-state index contributed by atoms with van der Waals surface area (Å²) in [4.78, 5) is 22.3. The third-order valence-electron chi connectivity index (χ3n) is 2.20. The van der Waals surface area contributed by atoms with E-state index in [9.17, 15) is 9.59 Å². The van der Waals surface area contributed by atoms with Crippen LogP contribution in [0.15, 0.2) is 0 Å². The maximum absolute atomic E-state index is 11.3. The molecule has 0 aliphatic heterocycles. The highest BCUT2D eigenvalue weighted by Crippen LogP contribution is 2.05. The van der Waals surface area contributed by atoms with Gasteiger partial charge in [0, 0.05) is 19.3 Å². The van der Waals surface area contributed by atoms with Crippen LogP contribution < -0.4 is 0 Å². The number of carbonyl (C=O) groups is 2. The van der Waals surface area contributed by atoms with E-state index in [0.29, 0.717) is 32.3 Å². The summed E-state index contributed by atoms with van der Waals surface area (Å²) in [7, 11) is 0. The maximum atomic E-state index is 11.3. The fraction of sp³-hybridized carbons (Fsp3) is 0.833. The first-order chi connectivity index (χ1) is 7.20. The highest BCUT2D eigenvalue weighted by Gasteiger charge is 2.05. The average Bonchev–Trinajstić information content (AvgIpc) is 2.18. The van der Waals surface area contributed by atoms with Crippen molar-refractivity contribution < 1.29 is 14.3 Å². The highest BCUT2D eigenvalue weighted by molar-refractivity contribution is 5.79. The van der Waals surface area contributed by atoms with Crippen LogP contribution in [0.2, 0.25) is 0 Å². The van der Waals surface area contributed by atoms with Crippen molar-refractivity contribution in [3.05, 3.63) is 0 Å². The number of hydrogen-bond acceptors (Lipinski definition) is 3. The summed E-state index contributed by atoms with van der Waals surface area (Å²) in [5, 5.41) is 0. The van der Waals surface area contributed by atoms with Gasteiger partial charge in [-0.2, -0.15) is 0 Å². The Morgan fingerprint density at radius 3 is 2.20 bits per heavy atom. The molecule has 0 atom stereocenters. The van der Waals surface area contributed by atoms with Gasteiger partial charge in [0.05, 0.1) is 6.61 Å². The number of rotatable bonds is 9. The van der Waals surface area contributed by atoms with Gasteiger partial charge in [0.1, 0.15) is 5.78 Å². The Balaban J connectivity index is 3.34. The van der Waals surface area contributed by atoms with E-state index in [-0.39, 0.29) is 11.8 Å². The minimum absolute atomic E-state index is 0.196. The van der Waals surface area contributed by atoms with Crippen LogP contribution in [0.5, 0.6) is 0 Å². The van der Waals surface area contributed by atoms with E-state index >= 15 is 0 Å². The van der Waals surface area contributed by atoms with E-state index in [4.69, 9.17) is 4.74 Å². The normalized spacial score (nSPS) is 10.0. The van der Waals surface area contributed by atoms with Gasteiger partial charge in [-0.1, -0.05) is 19.8 Å². The maximum Gasteiger partial charge on any atom is 0.305 e. The summed E-state index contributed by atoms with van der Waals surface area (Å²) >= 11 is 0. The third kappa shape index (κ3) is 9.44. The first-order valence-corrected chi connectivity index (χ1v) is 5.88. The van der Waals surface area contributed by atoms with E-state index in [1.807, 2.05) is 0 Å². The van der Waals surface area contributed by atoms with Crippen molar-refractivity contribution in [3.63, 3.8) is 0 Å². The summed E-state index contributed by atoms with van der Waals surface area (Å²) in [5.41, 5.74) is 0. The van der Waals surface area contributed by atoms with Crippen LogP contribution in [-0.2, 0) is 14.3 Å². The van der Waals surface area contributed by atoms with Gasteiger partial charge in [-0.3, -0.25) is 9.59 Å². The molecular weight excluding hydrogens is 192 g/mol. The molecule has 0 spiro atoms. The predicted molar refractivity (Wildman–Crippen MR) is 59.6 cm³/mol. The molecule has 3 nitrogen and oxygen atoms in total. The number of carbonyl (C=O) groups excluding carboxylic acids is 2. The second kappa shape index (κ2) is 9.69. The van der Waals surface area contributed by atoms with Crippen molar-refractivity contribution in [2.24, 2.45) is 0 Å². The Morgan fingerprint density at radius 1 is 0.933 bits per heavy atom. The number of esters is 1. The van der Waals surface area contributed by atoms with Crippen molar-refractivity contribution in [2.75, 3.05) is 6.61 Å². The molecule has 3 heteroatoms. The van der Waals surface area contributed by atoms with Gasteiger partial charge in [0.2, 0.25) is 0 Å². The monoisotopic (exact) mass is 214 g/mol. The lowest BCUT2D eigenvalue weighted by molar-refractivity contribution is -0.143. The zero-order valence-electron chi connectivity index (χ0n) is 9.88. The molecule has 0 rings (SSSR count). The molecule has 0 unspecified atom stereocenters. The van der Waals surface area contributed by atoms with E-state index in [1.54, 1.807) is 6.92 Å². The van der Waals surface area contributed by atoms with Crippen LogP contribution in [-0.4, -0.2) is 18.4 Å². The van der Waals surface area contributed by atoms with E-state index in [1.165, 1.54) is 0 Å². The molecule has 0 radical (unpaired) electrons. The smallest absolute Gasteiger partial charge is 0.305 e. The Kier molecular flexibility index (Phi) is 9.13. The van der Waals surface area contributed by atoms with E-state index in [0.717, 1.165) is 19.3 Å². The number of ketones is 1. The lowest BCUT2D eigenvalue weighted by atomic mass is 10.1. The molecule has 0 aliphatic rings.